The molecule has 0 radical (unpaired) electrons. The normalized spacial score (nSPS) is 29.1. The van der Waals surface area contributed by atoms with Gasteiger partial charge in [-0.2, -0.15) is 0 Å². The Morgan fingerprint density at radius 3 is 3.18 bits per heavy atom. The SMILES string of the molecule is CNC1(C(=O)O)CCCC(Sc2nncs2)C1. The number of nitrogens with zero attached hydrogens (tertiary/aromatic N) is 2. The second kappa shape index (κ2) is 5.32. The molecule has 1 aliphatic carbocycles. The Hall–Kier alpha value is -0.660. The maximum absolute atomic E-state index is 11.4. The molecular formula is C10H15N3O2S2. The summed E-state index contributed by atoms with van der Waals surface area (Å²) in [5.41, 5.74) is 0.939. The lowest BCUT2D eigenvalue weighted by Gasteiger charge is -2.36. The van der Waals surface area contributed by atoms with Gasteiger partial charge >= 0.3 is 5.97 Å². The minimum Gasteiger partial charge on any atom is -0.480 e. The van der Waals surface area contributed by atoms with Gasteiger partial charge in [0, 0.05) is 5.25 Å². The lowest BCUT2D eigenvalue weighted by atomic mass is 9.81. The molecule has 94 valence electrons. The fourth-order valence-corrected chi connectivity index (χ4v) is 4.28. The van der Waals surface area contributed by atoms with Gasteiger partial charge in [0.25, 0.3) is 0 Å². The molecule has 0 spiro atoms. The van der Waals surface area contributed by atoms with Crippen LogP contribution in [-0.2, 0) is 4.79 Å². The summed E-state index contributed by atoms with van der Waals surface area (Å²) >= 11 is 3.15. The molecule has 0 bridgehead atoms. The Bertz CT molecular complexity index is 385. The van der Waals surface area contributed by atoms with Crippen molar-refractivity contribution < 1.29 is 9.90 Å². The molecule has 1 aromatic heterocycles. The van der Waals surface area contributed by atoms with E-state index in [4.69, 9.17) is 0 Å². The van der Waals surface area contributed by atoms with Gasteiger partial charge in [0.15, 0.2) is 4.34 Å². The average molecular weight is 273 g/mol. The molecule has 0 amide bonds. The van der Waals surface area contributed by atoms with E-state index in [1.165, 1.54) is 11.3 Å². The highest BCUT2D eigenvalue weighted by atomic mass is 32.2. The lowest BCUT2D eigenvalue weighted by molar-refractivity contribution is -0.146. The highest BCUT2D eigenvalue weighted by Gasteiger charge is 2.42. The van der Waals surface area contributed by atoms with Crippen molar-refractivity contribution in [2.45, 2.75) is 40.8 Å². The second-order valence-corrected chi connectivity index (χ2v) is 6.56. The fraction of sp³-hybridized carbons (Fsp3) is 0.700. The number of nitrogens with one attached hydrogen (secondary N) is 1. The van der Waals surface area contributed by atoms with Crippen molar-refractivity contribution in [3.8, 4) is 0 Å². The van der Waals surface area contributed by atoms with Gasteiger partial charge in [-0.05, 0) is 32.7 Å². The summed E-state index contributed by atoms with van der Waals surface area (Å²) in [5, 5.41) is 20.4. The summed E-state index contributed by atoms with van der Waals surface area (Å²) in [5.74, 6) is -0.748. The first-order chi connectivity index (χ1) is 8.16. The van der Waals surface area contributed by atoms with Gasteiger partial charge < -0.3 is 10.4 Å². The molecule has 1 saturated carbocycles. The molecule has 2 unspecified atom stereocenters. The van der Waals surface area contributed by atoms with Crippen LogP contribution < -0.4 is 5.32 Å². The van der Waals surface area contributed by atoms with E-state index in [9.17, 15) is 9.90 Å². The highest BCUT2D eigenvalue weighted by molar-refractivity contribution is 8.01. The monoisotopic (exact) mass is 273 g/mol. The van der Waals surface area contributed by atoms with Crippen LogP contribution in [0.3, 0.4) is 0 Å². The number of carboxylic acid groups (broad SMARTS) is 1. The third-order valence-electron chi connectivity index (χ3n) is 3.20. The van der Waals surface area contributed by atoms with Crippen molar-refractivity contribution in [1.82, 2.24) is 15.5 Å². The van der Waals surface area contributed by atoms with Gasteiger partial charge in [-0.3, -0.25) is 4.79 Å². The number of hydrogen-bond donors (Lipinski definition) is 2. The molecule has 5 nitrogen and oxygen atoms in total. The molecule has 0 saturated heterocycles. The Morgan fingerprint density at radius 2 is 2.59 bits per heavy atom. The fourth-order valence-electron chi connectivity index (χ4n) is 2.21. The Labute approximate surface area is 108 Å². The summed E-state index contributed by atoms with van der Waals surface area (Å²) in [6, 6.07) is 0. The molecule has 1 fully saturated rings. The number of hydrogen-bond acceptors (Lipinski definition) is 6. The molecule has 1 heterocycles. The number of rotatable bonds is 4. The van der Waals surface area contributed by atoms with Crippen LogP contribution in [0.1, 0.15) is 25.7 Å². The van der Waals surface area contributed by atoms with Gasteiger partial charge in [-0.15, -0.1) is 10.2 Å². The van der Waals surface area contributed by atoms with Crippen LogP contribution in [0.25, 0.3) is 0 Å². The lowest BCUT2D eigenvalue weighted by Crippen LogP contribution is -2.53. The van der Waals surface area contributed by atoms with E-state index in [0.29, 0.717) is 18.1 Å². The van der Waals surface area contributed by atoms with Crippen LogP contribution >= 0.6 is 23.1 Å². The van der Waals surface area contributed by atoms with Crippen LogP contribution in [0.5, 0.6) is 0 Å². The summed E-state index contributed by atoms with van der Waals surface area (Å²) in [6.45, 7) is 0. The van der Waals surface area contributed by atoms with Crippen molar-refractivity contribution >= 4 is 29.1 Å². The van der Waals surface area contributed by atoms with E-state index in [0.717, 1.165) is 17.2 Å². The predicted octanol–water partition coefficient (Wildman–Crippen LogP) is 1.62. The third kappa shape index (κ3) is 2.78. The summed E-state index contributed by atoms with van der Waals surface area (Å²) < 4.78 is 0.923. The Balaban J connectivity index is 2.03. The van der Waals surface area contributed by atoms with Crippen LogP contribution in [0.15, 0.2) is 9.85 Å². The van der Waals surface area contributed by atoms with Gasteiger partial charge in [0.1, 0.15) is 11.0 Å². The zero-order chi connectivity index (χ0) is 12.3. The number of carbonyl (C=O) groups is 1. The number of likely N-dealkylation sites (N-methyl/N-ethyl adjacent to an activating group) is 1. The van der Waals surface area contributed by atoms with Crippen LogP contribution in [0.2, 0.25) is 0 Å². The molecule has 2 N–H and O–H groups in total. The van der Waals surface area contributed by atoms with E-state index < -0.39 is 11.5 Å². The van der Waals surface area contributed by atoms with Crippen molar-refractivity contribution in [3.63, 3.8) is 0 Å². The van der Waals surface area contributed by atoms with Gasteiger partial charge in [-0.1, -0.05) is 23.1 Å². The number of aliphatic carboxylic acids is 1. The zero-order valence-electron chi connectivity index (χ0n) is 9.55. The Kier molecular flexibility index (Phi) is 4.01. The van der Waals surface area contributed by atoms with Crippen molar-refractivity contribution in [3.05, 3.63) is 5.51 Å². The van der Waals surface area contributed by atoms with Crippen molar-refractivity contribution in [2.24, 2.45) is 0 Å². The molecular weight excluding hydrogens is 258 g/mol. The largest absolute Gasteiger partial charge is 0.480 e. The summed E-state index contributed by atoms with van der Waals surface area (Å²) in [6.07, 6.45) is 3.32. The molecule has 1 aliphatic rings. The highest BCUT2D eigenvalue weighted by Crippen LogP contribution is 2.38. The quantitative estimate of drug-likeness (QED) is 0.868. The zero-order valence-corrected chi connectivity index (χ0v) is 11.2. The van der Waals surface area contributed by atoms with Crippen molar-refractivity contribution in [1.29, 1.82) is 0 Å². The molecule has 0 aliphatic heterocycles. The molecule has 2 rings (SSSR count). The predicted molar refractivity (Wildman–Crippen MR) is 67.4 cm³/mol. The maximum atomic E-state index is 11.4. The van der Waals surface area contributed by atoms with E-state index in [2.05, 4.69) is 15.5 Å². The minimum absolute atomic E-state index is 0.306. The van der Waals surface area contributed by atoms with Crippen LogP contribution in [0.4, 0.5) is 0 Å². The smallest absolute Gasteiger partial charge is 0.323 e. The van der Waals surface area contributed by atoms with E-state index >= 15 is 0 Å². The molecule has 0 aromatic carbocycles. The van der Waals surface area contributed by atoms with E-state index in [1.54, 1.807) is 24.3 Å². The van der Waals surface area contributed by atoms with E-state index in [-0.39, 0.29) is 0 Å². The third-order valence-corrected chi connectivity index (χ3v) is 5.28. The van der Waals surface area contributed by atoms with Gasteiger partial charge in [0.2, 0.25) is 0 Å². The Morgan fingerprint density at radius 1 is 1.76 bits per heavy atom. The average Bonchev–Trinajstić information content (AvgIpc) is 2.82. The van der Waals surface area contributed by atoms with E-state index in [1.807, 2.05) is 0 Å². The van der Waals surface area contributed by atoms with Gasteiger partial charge in [-0.25, -0.2) is 0 Å². The number of carboxylic acids is 1. The van der Waals surface area contributed by atoms with Crippen LogP contribution in [-0.4, -0.2) is 39.1 Å². The van der Waals surface area contributed by atoms with Crippen LogP contribution in [0, 0.1) is 0 Å². The molecule has 1 aromatic rings. The second-order valence-electron chi connectivity index (χ2n) is 4.18. The maximum Gasteiger partial charge on any atom is 0.323 e. The molecule has 17 heavy (non-hydrogen) atoms. The summed E-state index contributed by atoms with van der Waals surface area (Å²) in [4.78, 5) is 11.4. The topological polar surface area (TPSA) is 75.1 Å². The molecule has 7 heteroatoms. The first-order valence-electron chi connectivity index (χ1n) is 5.51. The minimum atomic E-state index is -0.763. The summed E-state index contributed by atoms with van der Waals surface area (Å²) in [7, 11) is 1.73. The first-order valence-corrected chi connectivity index (χ1v) is 7.27. The number of aromatic nitrogens is 2. The number of thioether (sulfide) groups is 1. The van der Waals surface area contributed by atoms with Crippen molar-refractivity contribution in [2.75, 3.05) is 7.05 Å². The molecule has 2 atom stereocenters. The van der Waals surface area contributed by atoms with Gasteiger partial charge in [0.05, 0.1) is 0 Å². The standard InChI is InChI=1S/C10H15N3O2S2/c1-11-10(8(14)15)4-2-3-7(5-10)17-9-13-12-6-16-9/h6-7,11H,2-5H2,1H3,(H,14,15). The first kappa shape index (κ1) is 12.8.